The minimum atomic E-state index is -0.402. The quantitative estimate of drug-likeness (QED) is 0.314. The Morgan fingerprint density at radius 2 is 1.91 bits per heavy atom. The molecule has 4 rings (SSSR count). The van der Waals surface area contributed by atoms with Crippen molar-refractivity contribution < 1.29 is 13.9 Å². The van der Waals surface area contributed by atoms with Crippen LogP contribution in [0.3, 0.4) is 0 Å². The third-order valence-electron chi connectivity index (χ3n) is 4.68. The molecule has 0 fully saturated rings. The van der Waals surface area contributed by atoms with Gasteiger partial charge in [0.05, 0.1) is 18.4 Å². The van der Waals surface area contributed by atoms with Crippen LogP contribution in [0.1, 0.15) is 21.5 Å². The van der Waals surface area contributed by atoms with E-state index in [4.69, 9.17) is 16.3 Å². The monoisotopic (exact) mass is 513 g/mol. The van der Waals surface area contributed by atoms with Crippen molar-refractivity contribution in [3.05, 3.63) is 111 Å². The zero-order valence-corrected chi connectivity index (χ0v) is 19.1. The summed E-state index contributed by atoms with van der Waals surface area (Å²) in [7, 11) is 0. The summed E-state index contributed by atoms with van der Waals surface area (Å²) in [6, 6.07) is 19.3. The minimum absolute atomic E-state index is 0.157. The van der Waals surface area contributed by atoms with Gasteiger partial charge in [-0.1, -0.05) is 45.7 Å². The van der Waals surface area contributed by atoms with E-state index < -0.39 is 5.82 Å². The molecule has 0 spiro atoms. The number of halogens is 3. The molecular formula is C24H18BrClFN3O2. The molecule has 0 saturated carbocycles. The number of ether oxygens (including phenoxy) is 1. The van der Waals surface area contributed by atoms with Gasteiger partial charge in [-0.25, -0.2) is 4.39 Å². The van der Waals surface area contributed by atoms with E-state index in [1.165, 1.54) is 16.9 Å². The third kappa shape index (κ3) is 5.55. The number of hydrogen-bond acceptors (Lipinski definition) is 3. The molecule has 1 amide bonds. The molecule has 0 radical (unpaired) electrons. The van der Waals surface area contributed by atoms with Crippen LogP contribution in [0.4, 0.5) is 10.1 Å². The molecule has 0 atom stereocenters. The van der Waals surface area contributed by atoms with Gasteiger partial charge in [-0.05, 0) is 54.1 Å². The van der Waals surface area contributed by atoms with Crippen molar-refractivity contribution in [1.29, 1.82) is 0 Å². The van der Waals surface area contributed by atoms with Gasteiger partial charge in [0.2, 0.25) is 0 Å². The topological polar surface area (TPSA) is 56.2 Å². The lowest BCUT2D eigenvalue weighted by Crippen LogP contribution is -2.12. The summed E-state index contributed by atoms with van der Waals surface area (Å²) in [4.78, 5) is 12.7. The van der Waals surface area contributed by atoms with E-state index in [1.807, 2.05) is 30.3 Å². The Morgan fingerprint density at radius 3 is 2.69 bits per heavy atom. The first-order valence-corrected chi connectivity index (χ1v) is 10.9. The zero-order chi connectivity index (χ0) is 22.5. The first kappa shape index (κ1) is 22.0. The molecule has 32 heavy (non-hydrogen) atoms. The van der Waals surface area contributed by atoms with Gasteiger partial charge in [-0.3, -0.25) is 9.48 Å². The highest BCUT2D eigenvalue weighted by atomic mass is 79.9. The molecule has 0 unspecified atom stereocenters. The van der Waals surface area contributed by atoms with Gasteiger partial charge in [-0.2, -0.15) is 5.10 Å². The van der Waals surface area contributed by atoms with E-state index in [0.29, 0.717) is 28.4 Å². The lowest BCUT2D eigenvalue weighted by Gasteiger charge is -2.08. The number of carbonyl (C=O) groups is 1. The molecule has 162 valence electrons. The second kappa shape index (κ2) is 9.97. The Morgan fingerprint density at radius 1 is 1.12 bits per heavy atom. The minimum Gasteiger partial charge on any atom is -0.489 e. The highest BCUT2D eigenvalue weighted by Gasteiger charge is 2.11. The van der Waals surface area contributed by atoms with Crippen molar-refractivity contribution >= 4 is 39.1 Å². The second-order valence-electron chi connectivity index (χ2n) is 7.02. The molecule has 1 aromatic heterocycles. The summed E-state index contributed by atoms with van der Waals surface area (Å²) in [6.45, 7) is 0.494. The van der Waals surface area contributed by atoms with Crippen LogP contribution in [0, 0.1) is 5.82 Å². The maximum absolute atomic E-state index is 14.0. The largest absolute Gasteiger partial charge is 0.489 e. The number of aromatic nitrogens is 2. The molecule has 0 aliphatic carbocycles. The Bertz CT molecular complexity index is 1220. The van der Waals surface area contributed by atoms with Crippen LogP contribution in [0.15, 0.2) is 83.6 Å². The number of amides is 1. The van der Waals surface area contributed by atoms with Crippen LogP contribution >= 0.6 is 27.5 Å². The summed E-state index contributed by atoms with van der Waals surface area (Å²) < 4.78 is 22.3. The molecule has 4 aromatic rings. The van der Waals surface area contributed by atoms with Gasteiger partial charge in [0.1, 0.15) is 18.2 Å². The van der Waals surface area contributed by atoms with Gasteiger partial charge in [0.15, 0.2) is 0 Å². The van der Waals surface area contributed by atoms with Crippen LogP contribution in [0.2, 0.25) is 5.02 Å². The Balaban J connectivity index is 1.39. The lowest BCUT2D eigenvalue weighted by atomic mass is 10.1. The van der Waals surface area contributed by atoms with Gasteiger partial charge in [-0.15, -0.1) is 0 Å². The average molecular weight is 515 g/mol. The number of nitrogens with one attached hydrogen (secondary N) is 1. The van der Waals surface area contributed by atoms with Crippen molar-refractivity contribution in [2.24, 2.45) is 0 Å². The zero-order valence-electron chi connectivity index (χ0n) is 16.8. The number of rotatable bonds is 7. The van der Waals surface area contributed by atoms with E-state index in [-0.39, 0.29) is 12.5 Å². The van der Waals surface area contributed by atoms with E-state index >= 15 is 0 Å². The molecule has 8 heteroatoms. The summed E-state index contributed by atoms with van der Waals surface area (Å²) in [5.41, 5.74) is 2.20. The fourth-order valence-corrected chi connectivity index (χ4v) is 3.55. The predicted octanol–water partition coefficient (Wildman–Crippen LogP) is 6.32. The molecule has 3 aromatic carbocycles. The smallest absolute Gasteiger partial charge is 0.255 e. The van der Waals surface area contributed by atoms with Crippen LogP contribution in [-0.2, 0) is 13.2 Å². The van der Waals surface area contributed by atoms with Gasteiger partial charge < -0.3 is 10.1 Å². The van der Waals surface area contributed by atoms with Crippen molar-refractivity contribution in [1.82, 2.24) is 9.78 Å². The van der Waals surface area contributed by atoms with E-state index in [1.54, 1.807) is 36.5 Å². The Hall–Kier alpha value is -3.16. The SMILES string of the molecule is O=C(Nc1cnn(Cc2c(F)cccc2Cl)c1)c1cccc(COc2ccc(Br)cc2)c1. The lowest BCUT2D eigenvalue weighted by molar-refractivity contribution is 0.102. The van der Waals surface area contributed by atoms with E-state index in [2.05, 4.69) is 26.3 Å². The number of anilines is 1. The molecule has 1 N–H and O–H groups in total. The maximum atomic E-state index is 14.0. The van der Waals surface area contributed by atoms with Gasteiger partial charge in [0.25, 0.3) is 5.91 Å². The first-order valence-electron chi connectivity index (χ1n) is 9.72. The molecule has 0 saturated heterocycles. The second-order valence-corrected chi connectivity index (χ2v) is 8.35. The van der Waals surface area contributed by atoms with Crippen molar-refractivity contribution in [3.8, 4) is 5.75 Å². The van der Waals surface area contributed by atoms with Crippen LogP contribution < -0.4 is 10.1 Å². The summed E-state index contributed by atoms with van der Waals surface area (Å²) >= 11 is 9.46. The van der Waals surface area contributed by atoms with Crippen molar-refractivity contribution in [3.63, 3.8) is 0 Å². The van der Waals surface area contributed by atoms with Crippen LogP contribution in [-0.4, -0.2) is 15.7 Å². The fourth-order valence-electron chi connectivity index (χ4n) is 3.06. The van der Waals surface area contributed by atoms with Crippen molar-refractivity contribution in [2.75, 3.05) is 5.32 Å². The molecule has 0 bridgehead atoms. The first-order chi connectivity index (χ1) is 15.5. The maximum Gasteiger partial charge on any atom is 0.255 e. The summed E-state index contributed by atoms with van der Waals surface area (Å²) in [5.74, 6) is 0.0603. The highest BCUT2D eigenvalue weighted by molar-refractivity contribution is 9.10. The number of benzene rings is 3. The molecular weight excluding hydrogens is 497 g/mol. The molecule has 0 aliphatic rings. The van der Waals surface area contributed by atoms with E-state index in [0.717, 1.165) is 15.8 Å². The van der Waals surface area contributed by atoms with E-state index in [9.17, 15) is 9.18 Å². The summed E-state index contributed by atoms with van der Waals surface area (Å²) in [6.07, 6.45) is 3.13. The number of nitrogens with zero attached hydrogens (tertiary/aromatic N) is 2. The normalized spacial score (nSPS) is 10.7. The number of carbonyl (C=O) groups excluding carboxylic acids is 1. The van der Waals surface area contributed by atoms with Crippen LogP contribution in [0.5, 0.6) is 5.75 Å². The molecule has 0 aliphatic heterocycles. The highest BCUT2D eigenvalue weighted by Crippen LogP contribution is 2.21. The fraction of sp³-hybridized carbons (Fsp3) is 0.0833. The molecule has 1 heterocycles. The Labute approximate surface area is 197 Å². The standard InChI is InChI=1S/C24H18BrClFN3O2/c25-18-7-9-20(10-8-18)32-15-16-3-1-4-17(11-16)24(31)29-19-12-28-30(13-19)14-21-22(26)5-2-6-23(21)27/h1-13H,14-15H2,(H,29,31). The summed E-state index contributed by atoms with van der Waals surface area (Å²) in [5, 5.41) is 7.31. The van der Waals surface area contributed by atoms with Crippen molar-refractivity contribution in [2.45, 2.75) is 13.2 Å². The molecule has 5 nitrogen and oxygen atoms in total. The number of hydrogen-bond donors (Lipinski definition) is 1. The van der Waals surface area contributed by atoms with Gasteiger partial charge >= 0.3 is 0 Å². The predicted molar refractivity (Wildman–Crippen MR) is 126 cm³/mol. The average Bonchev–Trinajstić information content (AvgIpc) is 3.23. The third-order valence-corrected chi connectivity index (χ3v) is 5.56. The van der Waals surface area contributed by atoms with Gasteiger partial charge in [0, 0.05) is 26.8 Å². The van der Waals surface area contributed by atoms with Crippen LogP contribution in [0.25, 0.3) is 0 Å². The Kier molecular flexibility index (Phi) is 6.87.